The van der Waals surface area contributed by atoms with Gasteiger partial charge >= 0.3 is 0 Å². The van der Waals surface area contributed by atoms with Gasteiger partial charge in [0.25, 0.3) is 0 Å². The fourth-order valence-corrected chi connectivity index (χ4v) is 3.34. The Bertz CT molecular complexity index is 790. The van der Waals surface area contributed by atoms with E-state index in [0.29, 0.717) is 11.6 Å². The second kappa shape index (κ2) is 6.49. The second-order valence-corrected chi connectivity index (χ2v) is 6.58. The molecule has 2 aromatic rings. The fraction of sp³-hybridized carbons (Fsp3) is 0.471. The summed E-state index contributed by atoms with van der Waals surface area (Å²) in [6.45, 7) is 5.48. The molecule has 0 spiro atoms. The number of nitrogens with one attached hydrogen (secondary N) is 1. The van der Waals surface area contributed by atoms with Crippen LogP contribution in [0.1, 0.15) is 26.0 Å². The molecule has 24 heavy (non-hydrogen) atoms. The first-order valence-electron chi connectivity index (χ1n) is 8.17. The van der Waals surface area contributed by atoms with Gasteiger partial charge in [0.1, 0.15) is 11.8 Å². The topological polar surface area (TPSA) is 99.5 Å². The second-order valence-electron chi connectivity index (χ2n) is 6.58. The minimum Gasteiger partial charge on any atom is -0.367 e. The molecule has 3 atom stereocenters. The van der Waals surface area contributed by atoms with E-state index in [4.69, 9.17) is 5.73 Å². The third kappa shape index (κ3) is 3.05. The maximum absolute atomic E-state index is 11.9. The van der Waals surface area contributed by atoms with Crippen LogP contribution in [-0.4, -0.2) is 40.7 Å². The first kappa shape index (κ1) is 16.3. The van der Waals surface area contributed by atoms with E-state index in [0.717, 1.165) is 30.7 Å². The van der Waals surface area contributed by atoms with Crippen LogP contribution in [0.2, 0.25) is 0 Å². The average Bonchev–Trinajstić information content (AvgIpc) is 3.02. The lowest BCUT2D eigenvalue weighted by Crippen LogP contribution is -2.53. The minimum atomic E-state index is -0.507. The number of nitriles is 1. The Balaban J connectivity index is 1.88. The van der Waals surface area contributed by atoms with Crippen LogP contribution in [0.25, 0.3) is 5.52 Å². The van der Waals surface area contributed by atoms with Crippen LogP contribution < -0.4 is 16.0 Å². The molecular formula is C17H22N6O. The molecule has 1 saturated heterocycles. The highest BCUT2D eigenvalue weighted by molar-refractivity contribution is 5.81. The van der Waals surface area contributed by atoms with Crippen molar-refractivity contribution < 1.29 is 4.79 Å². The predicted molar refractivity (Wildman–Crippen MR) is 91.5 cm³/mol. The Morgan fingerprint density at radius 2 is 2.25 bits per heavy atom. The number of anilines is 1. The number of piperidine rings is 1. The Kier molecular flexibility index (Phi) is 4.40. The first-order valence-corrected chi connectivity index (χ1v) is 8.17. The van der Waals surface area contributed by atoms with Gasteiger partial charge in [-0.15, -0.1) is 0 Å². The van der Waals surface area contributed by atoms with Crippen molar-refractivity contribution in [3.05, 3.63) is 30.1 Å². The number of hydrogen-bond donors (Lipinski definition) is 2. The molecule has 3 heterocycles. The highest BCUT2D eigenvalue weighted by Crippen LogP contribution is 2.28. The zero-order valence-electron chi connectivity index (χ0n) is 13.9. The largest absolute Gasteiger partial charge is 0.367 e. The van der Waals surface area contributed by atoms with Crippen molar-refractivity contribution >= 4 is 17.1 Å². The summed E-state index contributed by atoms with van der Waals surface area (Å²) >= 11 is 0. The number of amides is 1. The molecule has 2 aromatic heterocycles. The van der Waals surface area contributed by atoms with Gasteiger partial charge in [0.05, 0.1) is 23.4 Å². The van der Waals surface area contributed by atoms with Crippen LogP contribution in [0.5, 0.6) is 0 Å². The van der Waals surface area contributed by atoms with Gasteiger partial charge in [-0.05, 0) is 37.5 Å². The number of carbonyl (C=O) groups is 1. The molecule has 0 bridgehead atoms. The number of pyridine rings is 1. The Hall–Kier alpha value is -2.59. The van der Waals surface area contributed by atoms with Crippen molar-refractivity contribution in [1.82, 2.24) is 14.9 Å². The Morgan fingerprint density at radius 1 is 1.46 bits per heavy atom. The van der Waals surface area contributed by atoms with E-state index in [2.05, 4.69) is 28.3 Å². The maximum atomic E-state index is 11.9. The zero-order chi connectivity index (χ0) is 17.3. The molecule has 1 aliphatic heterocycles. The van der Waals surface area contributed by atoms with E-state index in [1.54, 1.807) is 23.7 Å². The zero-order valence-corrected chi connectivity index (χ0v) is 13.9. The lowest BCUT2D eigenvalue weighted by molar-refractivity contribution is -0.122. The molecule has 1 unspecified atom stereocenters. The molecule has 1 fully saturated rings. The highest BCUT2D eigenvalue weighted by atomic mass is 16.2. The molecule has 3 rings (SSSR count). The first-order chi connectivity index (χ1) is 11.5. The molecular weight excluding hydrogens is 304 g/mol. The van der Waals surface area contributed by atoms with Crippen molar-refractivity contribution in [3.63, 3.8) is 0 Å². The van der Waals surface area contributed by atoms with Gasteiger partial charge in [0, 0.05) is 19.1 Å². The van der Waals surface area contributed by atoms with Crippen LogP contribution in [0, 0.1) is 17.2 Å². The van der Waals surface area contributed by atoms with E-state index in [1.165, 1.54) is 0 Å². The van der Waals surface area contributed by atoms with Crippen LogP contribution in [-0.2, 0) is 4.79 Å². The Morgan fingerprint density at radius 3 is 2.96 bits per heavy atom. The molecule has 0 radical (unpaired) electrons. The fourth-order valence-electron chi connectivity index (χ4n) is 3.34. The van der Waals surface area contributed by atoms with E-state index < -0.39 is 6.04 Å². The molecule has 7 nitrogen and oxygen atoms in total. The van der Waals surface area contributed by atoms with Crippen molar-refractivity contribution in [3.8, 4) is 6.07 Å². The average molecular weight is 326 g/mol. The van der Waals surface area contributed by atoms with Crippen molar-refractivity contribution in [1.29, 1.82) is 5.26 Å². The Labute approximate surface area is 141 Å². The van der Waals surface area contributed by atoms with E-state index >= 15 is 0 Å². The number of aromatic nitrogens is 2. The van der Waals surface area contributed by atoms with Crippen molar-refractivity contribution in [2.75, 3.05) is 18.0 Å². The third-order valence-electron chi connectivity index (χ3n) is 4.41. The monoisotopic (exact) mass is 326 g/mol. The number of hydrogen-bond acceptors (Lipinski definition) is 5. The van der Waals surface area contributed by atoms with Gasteiger partial charge in [0.2, 0.25) is 5.91 Å². The van der Waals surface area contributed by atoms with Gasteiger partial charge in [-0.3, -0.25) is 4.79 Å². The summed E-state index contributed by atoms with van der Waals surface area (Å²) in [5, 5.41) is 16.5. The summed E-state index contributed by atoms with van der Waals surface area (Å²) < 4.78 is 1.66. The smallest absolute Gasteiger partial charge is 0.236 e. The number of carbonyl (C=O) groups excluding carboxylic acids is 1. The highest BCUT2D eigenvalue weighted by Gasteiger charge is 2.28. The summed E-state index contributed by atoms with van der Waals surface area (Å²) in [5.41, 5.74) is 8.09. The molecule has 3 N–H and O–H groups in total. The lowest BCUT2D eigenvalue weighted by atomic mass is 9.95. The molecule has 0 aromatic carbocycles. The molecule has 126 valence electrons. The van der Waals surface area contributed by atoms with Gasteiger partial charge in [-0.2, -0.15) is 10.4 Å². The van der Waals surface area contributed by atoms with E-state index in [1.807, 2.05) is 12.1 Å². The lowest BCUT2D eigenvalue weighted by Gasteiger charge is -2.38. The number of nitrogens with two attached hydrogens (primary N) is 1. The van der Waals surface area contributed by atoms with Crippen LogP contribution in [0.3, 0.4) is 0 Å². The summed E-state index contributed by atoms with van der Waals surface area (Å²) in [4.78, 5) is 14.2. The molecule has 0 aliphatic carbocycles. The summed E-state index contributed by atoms with van der Waals surface area (Å²) in [7, 11) is 0. The third-order valence-corrected chi connectivity index (χ3v) is 4.41. The SMILES string of the molecule is CC(N)C(=O)N[C@@H]1C[C@H](C)CN(c2ccc(C#N)n3nccc23)C1. The number of fused-ring (bicyclic) bond motifs is 1. The maximum Gasteiger partial charge on any atom is 0.236 e. The van der Waals surface area contributed by atoms with Gasteiger partial charge < -0.3 is 16.0 Å². The summed E-state index contributed by atoms with van der Waals surface area (Å²) in [6.07, 6.45) is 2.63. The summed E-state index contributed by atoms with van der Waals surface area (Å²) in [5.74, 6) is 0.319. The quantitative estimate of drug-likeness (QED) is 0.872. The normalized spacial score (nSPS) is 22.2. The van der Waals surface area contributed by atoms with Gasteiger partial charge in [0.15, 0.2) is 0 Å². The minimum absolute atomic E-state index is 0.0610. The van der Waals surface area contributed by atoms with E-state index in [9.17, 15) is 10.1 Å². The van der Waals surface area contributed by atoms with Crippen LogP contribution >= 0.6 is 0 Å². The number of nitrogens with zero attached hydrogens (tertiary/aromatic N) is 4. The van der Waals surface area contributed by atoms with Crippen molar-refractivity contribution in [2.24, 2.45) is 11.7 Å². The standard InChI is InChI=1S/C17H22N6O/c1-11-7-13(21-17(24)12(2)19)10-22(9-11)15-4-3-14(8-18)23-16(15)5-6-20-23/h3-6,11-13H,7,9-10,19H2,1-2H3,(H,21,24)/t11-,12?,13+/m0/s1. The molecule has 7 heteroatoms. The van der Waals surface area contributed by atoms with Gasteiger partial charge in [-0.1, -0.05) is 6.92 Å². The summed E-state index contributed by atoms with van der Waals surface area (Å²) in [6, 6.07) is 7.35. The molecule has 1 amide bonds. The molecule has 1 aliphatic rings. The number of rotatable bonds is 3. The molecule has 0 saturated carbocycles. The van der Waals surface area contributed by atoms with Gasteiger partial charge in [-0.25, -0.2) is 4.52 Å². The predicted octanol–water partition coefficient (Wildman–Crippen LogP) is 0.884. The van der Waals surface area contributed by atoms with Crippen LogP contribution in [0.15, 0.2) is 24.4 Å². The van der Waals surface area contributed by atoms with E-state index in [-0.39, 0.29) is 11.9 Å². The van der Waals surface area contributed by atoms with Crippen LogP contribution in [0.4, 0.5) is 5.69 Å². The van der Waals surface area contributed by atoms with Crippen molar-refractivity contribution in [2.45, 2.75) is 32.4 Å².